The van der Waals surface area contributed by atoms with Gasteiger partial charge in [-0.25, -0.2) is 4.68 Å². The summed E-state index contributed by atoms with van der Waals surface area (Å²) in [5.74, 6) is 0.612. The van der Waals surface area contributed by atoms with Crippen molar-refractivity contribution in [3.8, 4) is 0 Å². The van der Waals surface area contributed by atoms with Crippen LogP contribution in [0.1, 0.15) is 50.6 Å². The highest BCUT2D eigenvalue weighted by Gasteiger charge is 2.27. The van der Waals surface area contributed by atoms with Crippen LogP contribution in [0.2, 0.25) is 0 Å². The Morgan fingerprint density at radius 3 is 2.88 bits per heavy atom. The molecule has 144 valence electrons. The van der Waals surface area contributed by atoms with Crippen molar-refractivity contribution in [1.29, 1.82) is 0 Å². The average molecular weight is 361 g/mol. The largest absolute Gasteiger partial charge is 0.354 e. The topological polar surface area (TPSA) is 70.5 Å². The van der Waals surface area contributed by atoms with Crippen molar-refractivity contribution >= 4 is 17.6 Å². The smallest absolute Gasteiger partial charge is 0.240 e. The normalized spacial score (nSPS) is 18.3. The number of rotatable bonds is 7. The van der Waals surface area contributed by atoms with E-state index in [-0.39, 0.29) is 18.4 Å². The summed E-state index contributed by atoms with van der Waals surface area (Å²) in [5, 5.41) is 7.33. The lowest BCUT2D eigenvalue weighted by atomic mass is 9.94. The van der Waals surface area contributed by atoms with Crippen molar-refractivity contribution in [1.82, 2.24) is 20.0 Å². The third-order valence-electron chi connectivity index (χ3n) is 5.51. The Morgan fingerprint density at radius 1 is 1.35 bits per heavy atom. The summed E-state index contributed by atoms with van der Waals surface area (Å²) in [6.07, 6.45) is 7.97. The molecule has 2 amide bonds. The van der Waals surface area contributed by atoms with E-state index in [1.54, 1.807) is 4.90 Å². The molecule has 1 N–H and O–H groups in total. The number of hydrogen-bond donors (Lipinski definition) is 1. The molecule has 0 spiro atoms. The molecule has 0 radical (unpaired) electrons. The quantitative estimate of drug-likeness (QED) is 0.751. The molecule has 0 saturated heterocycles. The molecule has 0 bridgehead atoms. The summed E-state index contributed by atoms with van der Waals surface area (Å²) in [7, 11) is 2.19. The number of anilines is 1. The first-order valence-corrected chi connectivity index (χ1v) is 9.86. The highest BCUT2D eigenvalue weighted by atomic mass is 16.2. The van der Waals surface area contributed by atoms with Crippen LogP contribution in [0.5, 0.6) is 0 Å². The molecule has 1 aromatic rings. The molecule has 1 aliphatic carbocycles. The molecule has 1 saturated carbocycles. The second-order valence-corrected chi connectivity index (χ2v) is 7.57. The fourth-order valence-corrected chi connectivity index (χ4v) is 4.01. The van der Waals surface area contributed by atoms with E-state index in [1.807, 2.05) is 17.7 Å². The lowest BCUT2D eigenvalue weighted by molar-refractivity contribution is -0.124. The number of amides is 2. The Kier molecular flexibility index (Phi) is 6.29. The summed E-state index contributed by atoms with van der Waals surface area (Å²) < 4.78 is 1.81. The van der Waals surface area contributed by atoms with Gasteiger partial charge in [0.05, 0.1) is 12.2 Å². The van der Waals surface area contributed by atoms with Crippen LogP contribution in [0.4, 0.5) is 5.82 Å². The van der Waals surface area contributed by atoms with Crippen molar-refractivity contribution in [3.63, 3.8) is 0 Å². The number of aryl methyl sites for hydroxylation is 2. The van der Waals surface area contributed by atoms with Gasteiger partial charge in [-0.05, 0) is 39.8 Å². The molecule has 1 aromatic heterocycles. The lowest BCUT2D eigenvalue weighted by Gasteiger charge is -2.31. The first-order valence-electron chi connectivity index (χ1n) is 9.86. The number of fused-ring (bicyclic) bond motifs is 1. The van der Waals surface area contributed by atoms with E-state index in [9.17, 15) is 9.59 Å². The maximum absolute atomic E-state index is 12.3. The Hall–Kier alpha value is -1.89. The molecule has 3 rings (SSSR count). The monoisotopic (exact) mass is 361 g/mol. The van der Waals surface area contributed by atoms with Crippen molar-refractivity contribution in [3.05, 3.63) is 11.8 Å². The maximum atomic E-state index is 12.3. The van der Waals surface area contributed by atoms with E-state index in [2.05, 4.69) is 22.4 Å². The average Bonchev–Trinajstić information content (AvgIpc) is 3.02. The molecule has 0 aromatic carbocycles. The number of nitrogens with zero attached hydrogens (tertiary/aromatic N) is 4. The van der Waals surface area contributed by atoms with E-state index >= 15 is 0 Å². The van der Waals surface area contributed by atoms with Crippen molar-refractivity contribution in [2.45, 2.75) is 64.5 Å². The Bertz CT molecular complexity index is 636. The molecular weight excluding hydrogens is 330 g/mol. The summed E-state index contributed by atoms with van der Waals surface area (Å²) in [6.45, 7) is 4.21. The van der Waals surface area contributed by atoms with E-state index in [4.69, 9.17) is 0 Å². The molecule has 7 nitrogen and oxygen atoms in total. The second kappa shape index (κ2) is 8.66. The number of nitrogens with one attached hydrogen (secondary N) is 1. The van der Waals surface area contributed by atoms with Gasteiger partial charge in [-0.15, -0.1) is 0 Å². The highest BCUT2D eigenvalue weighted by Crippen LogP contribution is 2.22. The molecule has 0 unspecified atom stereocenters. The van der Waals surface area contributed by atoms with Crippen LogP contribution in [-0.2, 0) is 16.1 Å². The van der Waals surface area contributed by atoms with Crippen LogP contribution in [0.3, 0.4) is 0 Å². The van der Waals surface area contributed by atoms with Gasteiger partial charge in [-0.1, -0.05) is 19.3 Å². The number of carbonyl (C=O) groups is 2. The molecule has 7 heteroatoms. The first-order chi connectivity index (χ1) is 12.5. The van der Waals surface area contributed by atoms with Crippen LogP contribution in [0.25, 0.3) is 0 Å². The number of carbonyl (C=O) groups excluding carboxylic acids is 2. The minimum Gasteiger partial charge on any atom is -0.354 e. The van der Waals surface area contributed by atoms with Gasteiger partial charge >= 0.3 is 0 Å². The summed E-state index contributed by atoms with van der Waals surface area (Å²) >= 11 is 0. The summed E-state index contributed by atoms with van der Waals surface area (Å²) in [6, 6.07) is 2.57. The SMILES string of the molecule is Cc1cc2n(n1)CCC(=O)N2CC(=O)NCCCN(C)C1CCCCC1. The fourth-order valence-electron chi connectivity index (χ4n) is 4.01. The predicted molar refractivity (Wildman–Crippen MR) is 101 cm³/mol. The Labute approximate surface area is 155 Å². The molecule has 1 fully saturated rings. The number of aromatic nitrogens is 2. The van der Waals surface area contributed by atoms with Crippen LogP contribution in [-0.4, -0.2) is 59.2 Å². The van der Waals surface area contributed by atoms with Gasteiger partial charge in [-0.3, -0.25) is 14.5 Å². The van der Waals surface area contributed by atoms with Crippen LogP contribution in [0, 0.1) is 6.92 Å². The van der Waals surface area contributed by atoms with E-state index < -0.39 is 0 Å². The van der Waals surface area contributed by atoms with Crippen molar-refractivity contribution < 1.29 is 9.59 Å². The predicted octanol–water partition coefficient (Wildman–Crippen LogP) is 1.70. The van der Waals surface area contributed by atoms with Crippen LogP contribution >= 0.6 is 0 Å². The van der Waals surface area contributed by atoms with Crippen molar-refractivity contribution in [2.75, 3.05) is 31.6 Å². The summed E-state index contributed by atoms with van der Waals surface area (Å²) in [4.78, 5) is 28.4. The summed E-state index contributed by atoms with van der Waals surface area (Å²) in [5.41, 5.74) is 0.867. The van der Waals surface area contributed by atoms with Crippen LogP contribution < -0.4 is 10.2 Å². The van der Waals surface area contributed by atoms with Gasteiger partial charge in [-0.2, -0.15) is 5.10 Å². The standard InChI is InChI=1S/C19H31N5O2/c1-15-13-18-23(19(26)9-12-24(18)21-15)14-17(25)20-10-6-11-22(2)16-7-4-3-5-8-16/h13,16H,3-12,14H2,1-2H3,(H,20,25). The third-order valence-corrected chi connectivity index (χ3v) is 5.51. The van der Waals surface area contributed by atoms with Gasteiger partial charge < -0.3 is 10.2 Å². The van der Waals surface area contributed by atoms with Gasteiger partial charge in [0.15, 0.2) is 0 Å². The zero-order valence-corrected chi connectivity index (χ0v) is 16.0. The molecule has 2 aliphatic rings. The van der Waals surface area contributed by atoms with Gasteiger partial charge in [0.25, 0.3) is 0 Å². The maximum Gasteiger partial charge on any atom is 0.240 e. The van der Waals surface area contributed by atoms with E-state index in [0.717, 1.165) is 24.5 Å². The molecule has 2 heterocycles. The van der Waals surface area contributed by atoms with E-state index in [0.29, 0.717) is 25.6 Å². The van der Waals surface area contributed by atoms with Gasteiger partial charge in [0.1, 0.15) is 12.4 Å². The third kappa shape index (κ3) is 4.63. The molecule has 0 atom stereocenters. The molecule has 1 aliphatic heterocycles. The Morgan fingerprint density at radius 2 is 2.12 bits per heavy atom. The first kappa shape index (κ1) is 18.9. The zero-order chi connectivity index (χ0) is 18.5. The lowest BCUT2D eigenvalue weighted by Crippen LogP contribution is -2.44. The fraction of sp³-hybridized carbons (Fsp3) is 0.737. The van der Waals surface area contributed by atoms with Crippen LogP contribution in [0.15, 0.2) is 6.07 Å². The minimum absolute atomic E-state index is 0.00965. The Balaban J connectivity index is 1.41. The zero-order valence-electron chi connectivity index (χ0n) is 16.0. The molecular formula is C19H31N5O2. The van der Waals surface area contributed by atoms with E-state index in [1.165, 1.54) is 32.1 Å². The number of hydrogen-bond acceptors (Lipinski definition) is 4. The molecule has 26 heavy (non-hydrogen) atoms. The second-order valence-electron chi connectivity index (χ2n) is 7.57. The minimum atomic E-state index is -0.106. The van der Waals surface area contributed by atoms with Gasteiger partial charge in [0.2, 0.25) is 11.8 Å². The van der Waals surface area contributed by atoms with Crippen molar-refractivity contribution in [2.24, 2.45) is 0 Å². The highest BCUT2D eigenvalue weighted by molar-refractivity contribution is 5.98. The van der Waals surface area contributed by atoms with Gasteiger partial charge in [0, 0.05) is 25.1 Å².